The summed E-state index contributed by atoms with van der Waals surface area (Å²) in [6.45, 7) is 12.2. The Morgan fingerprint density at radius 1 is 1.12 bits per heavy atom. The molecule has 26 heavy (non-hydrogen) atoms. The molecule has 3 atom stereocenters. The number of aliphatic hydroxyl groups is 1. The summed E-state index contributed by atoms with van der Waals surface area (Å²) in [7, 11) is 0. The number of aliphatic hydroxyl groups excluding tert-OH is 1. The van der Waals surface area contributed by atoms with E-state index in [1.165, 1.54) is 4.90 Å². The Balaban J connectivity index is 2.66. The first-order valence-corrected chi connectivity index (χ1v) is 8.88. The number of hydrogen-bond donors (Lipinski definition) is 2. The summed E-state index contributed by atoms with van der Waals surface area (Å²) in [6.07, 6.45) is -1.29. The van der Waals surface area contributed by atoms with Crippen LogP contribution < -0.4 is 5.32 Å². The van der Waals surface area contributed by atoms with Gasteiger partial charge in [-0.1, -0.05) is 0 Å². The number of β-amino-alcohol motifs (C(OH)–C–C–N with tert-alkyl or cyclic N) is 1. The van der Waals surface area contributed by atoms with Crippen LogP contribution in [0.15, 0.2) is 0 Å². The molecule has 1 aliphatic heterocycles. The molecule has 0 unspecified atom stereocenters. The van der Waals surface area contributed by atoms with Gasteiger partial charge in [0.2, 0.25) is 5.91 Å². The Labute approximate surface area is 155 Å². The molecule has 1 heterocycles. The molecule has 0 aromatic rings. The standard InChI is InChI=1S/C18H32N2O6/c1-11(8-14(22)25-17(2,3)4)19-15(23)13-9-12(21)10-20(13)16(24)26-18(5,6)7/h11-13,21H,8-10H2,1-7H3,(H,19,23)/t11-,12-,13-/m1/s1. The summed E-state index contributed by atoms with van der Waals surface area (Å²) in [6, 6.07) is -1.29. The number of esters is 1. The van der Waals surface area contributed by atoms with Crippen molar-refractivity contribution in [2.45, 2.75) is 90.7 Å². The number of likely N-dealkylation sites (tertiary alicyclic amines) is 1. The van der Waals surface area contributed by atoms with Crippen LogP contribution in [0.25, 0.3) is 0 Å². The molecule has 0 aromatic heterocycles. The Morgan fingerprint density at radius 2 is 1.65 bits per heavy atom. The summed E-state index contributed by atoms with van der Waals surface area (Å²) < 4.78 is 10.5. The summed E-state index contributed by atoms with van der Waals surface area (Å²) in [5.74, 6) is -0.843. The van der Waals surface area contributed by atoms with Gasteiger partial charge in [-0.3, -0.25) is 14.5 Å². The van der Waals surface area contributed by atoms with Gasteiger partial charge in [0.1, 0.15) is 17.2 Å². The first-order chi connectivity index (χ1) is 11.7. The third-order valence-electron chi connectivity index (χ3n) is 3.49. The minimum absolute atomic E-state index is 0.0186. The molecule has 8 heteroatoms. The third kappa shape index (κ3) is 7.59. The highest BCUT2D eigenvalue weighted by atomic mass is 16.6. The first kappa shape index (κ1) is 22.2. The van der Waals surface area contributed by atoms with Crippen LogP contribution in [0.3, 0.4) is 0 Å². The zero-order valence-electron chi connectivity index (χ0n) is 16.8. The maximum absolute atomic E-state index is 12.5. The van der Waals surface area contributed by atoms with Crippen molar-refractivity contribution >= 4 is 18.0 Å². The highest BCUT2D eigenvalue weighted by molar-refractivity contribution is 5.87. The number of carbonyl (C=O) groups is 3. The maximum Gasteiger partial charge on any atom is 0.411 e. The molecule has 1 saturated heterocycles. The van der Waals surface area contributed by atoms with E-state index in [0.29, 0.717) is 0 Å². The van der Waals surface area contributed by atoms with E-state index in [0.717, 1.165) is 0 Å². The van der Waals surface area contributed by atoms with Crippen LogP contribution in [-0.2, 0) is 19.1 Å². The number of amides is 2. The summed E-state index contributed by atoms with van der Waals surface area (Å²) in [4.78, 5) is 37.9. The van der Waals surface area contributed by atoms with E-state index < -0.39 is 47.4 Å². The van der Waals surface area contributed by atoms with Crippen molar-refractivity contribution in [1.82, 2.24) is 10.2 Å². The lowest BCUT2D eigenvalue weighted by molar-refractivity contribution is -0.155. The van der Waals surface area contributed by atoms with Crippen molar-refractivity contribution in [2.75, 3.05) is 6.54 Å². The highest BCUT2D eigenvalue weighted by Gasteiger charge is 2.41. The van der Waals surface area contributed by atoms with Crippen molar-refractivity contribution in [3.05, 3.63) is 0 Å². The maximum atomic E-state index is 12.5. The van der Waals surface area contributed by atoms with Crippen LogP contribution in [0.5, 0.6) is 0 Å². The van der Waals surface area contributed by atoms with Crippen LogP contribution in [-0.4, -0.2) is 63.9 Å². The Hall–Kier alpha value is -1.83. The number of nitrogens with one attached hydrogen (secondary N) is 1. The summed E-state index contributed by atoms with van der Waals surface area (Å²) >= 11 is 0. The molecule has 8 nitrogen and oxygen atoms in total. The first-order valence-electron chi connectivity index (χ1n) is 8.88. The normalized spacial score (nSPS) is 21.9. The second-order valence-corrected chi connectivity index (χ2v) is 8.74. The molecule has 2 N–H and O–H groups in total. The monoisotopic (exact) mass is 372 g/mol. The van der Waals surface area contributed by atoms with Crippen molar-refractivity contribution in [3.8, 4) is 0 Å². The molecule has 1 fully saturated rings. The third-order valence-corrected chi connectivity index (χ3v) is 3.49. The molecular formula is C18H32N2O6. The van der Waals surface area contributed by atoms with Gasteiger partial charge in [0, 0.05) is 12.5 Å². The Morgan fingerprint density at radius 3 is 2.15 bits per heavy atom. The predicted molar refractivity (Wildman–Crippen MR) is 95.4 cm³/mol. The summed E-state index contributed by atoms with van der Waals surface area (Å²) in [5.41, 5.74) is -1.29. The quantitative estimate of drug-likeness (QED) is 0.726. The topological polar surface area (TPSA) is 105 Å². The molecule has 1 rings (SSSR count). The van der Waals surface area contributed by atoms with Crippen LogP contribution in [0.1, 0.15) is 61.3 Å². The zero-order chi connectivity index (χ0) is 20.3. The largest absolute Gasteiger partial charge is 0.460 e. The van der Waals surface area contributed by atoms with Gasteiger partial charge >= 0.3 is 12.1 Å². The lowest BCUT2D eigenvalue weighted by atomic mass is 10.1. The van der Waals surface area contributed by atoms with Gasteiger partial charge in [-0.05, 0) is 48.5 Å². The van der Waals surface area contributed by atoms with Gasteiger partial charge < -0.3 is 19.9 Å². The molecular weight excluding hydrogens is 340 g/mol. The minimum atomic E-state index is -0.832. The molecule has 0 spiro atoms. The SMILES string of the molecule is C[C@H](CC(=O)OC(C)(C)C)NC(=O)[C@H]1C[C@@H](O)CN1C(=O)OC(C)(C)C. The van der Waals surface area contributed by atoms with Gasteiger partial charge in [0.25, 0.3) is 0 Å². The van der Waals surface area contributed by atoms with E-state index in [1.54, 1.807) is 48.5 Å². The second-order valence-electron chi connectivity index (χ2n) is 8.74. The number of carbonyl (C=O) groups excluding carboxylic acids is 3. The van der Waals surface area contributed by atoms with Crippen molar-refractivity contribution in [2.24, 2.45) is 0 Å². The molecule has 1 aliphatic rings. The lowest BCUT2D eigenvalue weighted by Gasteiger charge is -2.28. The number of hydrogen-bond acceptors (Lipinski definition) is 6. The lowest BCUT2D eigenvalue weighted by Crippen LogP contribution is -2.49. The Kier molecular flexibility index (Phi) is 7.04. The molecule has 0 bridgehead atoms. The van der Waals surface area contributed by atoms with Crippen LogP contribution in [0.2, 0.25) is 0 Å². The van der Waals surface area contributed by atoms with E-state index in [2.05, 4.69) is 5.32 Å². The van der Waals surface area contributed by atoms with E-state index in [1.807, 2.05) is 0 Å². The second kappa shape index (κ2) is 8.24. The van der Waals surface area contributed by atoms with Gasteiger partial charge in [0.05, 0.1) is 19.1 Å². The fourth-order valence-corrected chi connectivity index (χ4v) is 2.61. The van der Waals surface area contributed by atoms with E-state index in [-0.39, 0.29) is 19.4 Å². The van der Waals surface area contributed by atoms with Crippen molar-refractivity contribution in [3.63, 3.8) is 0 Å². The van der Waals surface area contributed by atoms with Gasteiger partial charge in [-0.15, -0.1) is 0 Å². The van der Waals surface area contributed by atoms with Crippen LogP contribution in [0.4, 0.5) is 4.79 Å². The Bertz CT molecular complexity index is 535. The van der Waals surface area contributed by atoms with Gasteiger partial charge in [-0.25, -0.2) is 4.79 Å². The fraction of sp³-hybridized carbons (Fsp3) is 0.833. The van der Waals surface area contributed by atoms with Crippen LogP contribution in [0, 0.1) is 0 Å². The summed E-state index contributed by atoms with van der Waals surface area (Å²) in [5, 5.41) is 12.6. The fourth-order valence-electron chi connectivity index (χ4n) is 2.61. The van der Waals surface area contributed by atoms with Gasteiger partial charge in [0.15, 0.2) is 0 Å². The van der Waals surface area contributed by atoms with E-state index in [4.69, 9.17) is 9.47 Å². The van der Waals surface area contributed by atoms with E-state index in [9.17, 15) is 19.5 Å². The molecule has 150 valence electrons. The number of rotatable bonds is 4. The average Bonchev–Trinajstić information content (AvgIpc) is 2.76. The zero-order valence-corrected chi connectivity index (χ0v) is 16.8. The molecule has 0 aliphatic carbocycles. The smallest absolute Gasteiger partial charge is 0.411 e. The van der Waals surface area contributed by atoms with E-state index >= 15 is 0 Å². The predicted octanol–water partition coefficient (Wildman–Crippen LogP) is 1.59. The van der Waals surface area contributed by atoms with Gasteiger partial charge in [-0.2, -0.15) is 0 Å². The average molecular weight is 372 g/mol. The molecule has 0 saturated carbocycles. The van der Waals surface area contributed by atoms with Crippen LogP contribution >= 0.6 is 0 Å². The van der Waals surface area contributed by atoms with Crippen molar-refractivity contribution in [1.29, 1.82) is 0 Å². The van der Waals surface area contributed by atoms with Crippen molar-refractivity contribution < 1.29 is 29.0 Å². The molecule has 0 radical (unpaired) electrons. The number of nitrogens with zero attached hydrogens (tertiary/aromatic N) is 1. The number of ether oxygens (including phenoxy) is 2. The highest BCUT2D eigenvalue weighted by Crippen LogP contribution is 2.22. The minimum Gasteiger partial charge on any atom is -0.460 e. The molecule has 2 amide bonds. The molecule has 0 aromatic carbocycles.